The van der Waals surface area contributed by atoms with Crippen molar-refractivity contribution in [3.05, 3.63) is 35.4 Å². The van der Waals surface area contributed by atoms with E-state index in [1.165, 1.54) is 24.0 Å². The normalized spacial score (nSPS) is 12.8. The molecule has 1 heteroatoms. The molecule has 1 unspecified atom stereocenters. The summed E-state index contributed by atoms with van der Waals surface area (Å²) in [5.74, 6) is 1.27. The molecule has 1 aromatic carbocycles. The first-order valence-corrected chi connectivity index (χ1v) is 6.00. The Morgan fingerprint density at radius 1 is 1.14 bits per heavy atom. The van der Waals surface area contributed by atoms with Gasteiger partial charge in [-0.3, -0.25) is 0 Å². The number of alkyl halides is 1. The summed E-state index contributed by atoms with van der Waals surface area (Å²) < 4.78 is 0. The van der Waals surface area contributed by atoms with Gasteiger partial charge in [0, 0.05) is 5.88 Å². The van der Waals surface area contributed by atoms with Crippen molar-refractivity contribution in [3.8, 4) is 0 Å². The molecule has 1 aromatic rings. The third-order valence-electron chi connectivity index (χ3n) is 2.68. The second-order valence-electron chi connectivity index (χ2n) is 3.74. The Labute approximate surface area is 92.3 Å². The molecular weight excluding hydrogens is 192 g/mol. The van der Waals surface area contributed by atoms with E-state index < -0.39 is 0 Å². The van der Waals surface area contributed by atoms with Gasteiger partial charge < -0.3 is 0 Å². The van der Waals surface area contributed by atoms with Crippen LogP contribution in [0.4, 0.5) is 0 Å². The van der Waals surface area contributed by atoms with Crippen LogP contribution in [0.5, 0.6) is 0 Å². The van der Waals surface area contributed by atoms with E-state index in [1.54, 1.807) is 0 Å². The van der Waals surface area contributed by atoms with E-state index in [4.69, 9.17) is 11.6 Å². The maximum Gasteiger partial charge on any atom is 0.0292 e. The number of rotatable bonds is 5. The summed E-state index contributed by atoms with van der Waals surface area (Å²) in [6.07, 6.45) is 3.50. The number of hydrogen-bond donors (Lipinski definition) is 0. The van der Waals surface area contributed by atoms with Crippen molar-refractivity contribution in [2.75, 3.05) is 5.88 Å². The van der Waals surface area contributed by atoms with Crippen molar-refractivity contribution < 1.29 is 0 Å². The van der Waals surface area contributed by atoms with Crippen molar-refractivity contribution >= 4 is 11.6 Å². The molecule has 0 amide bonds. The van der Waals surface area contributed by atoms with Crippen molar-refractivity contribution in [1.82, 2.24) is 0 Å². The van der Waals surface area contributed by atoms with Crippen LogP contribution >= 0.6 is 11.6 Å². The minimum atomic E-state index is 0.535. The van der Waals surface area contributed by atoms with Crippen LogP contribution in [0.25, 0.3) is 0 Å². The summed E-state index contributed by atoms with van der Waals surface area (Å²) in [7, 11) is 0. The summed E-state index contributed by atoms with van der Waals surface area (Å²) in [5, 5.41) is 0. The van der Waals surface area contributed by atoms with Gasteiger partial charge in [-0.25, -0.2) is 0 Å². The van der Waals surface area contributed by atoms with Crippen LogP contribution in [0.3, 0.4) is 0 Å². The highest BCUT2D eigenvalue weighted by atomic mass is 35.5. The molecule has 0 spiro atoms. The molecule has 0 bridgehead atoms. The van der Waals surface area contributed by atoms with Gasteiger partial charge in [0.15, 0.2) is 0 Å². The van der Waals surface area contributed by atoms with Gasteiger partial charge in [0.25, 0.3) is 0 Å². The lowest BCUT2D eigenvalue weighted by Crippen LogP contribution is -2.00. The quantitative estimate of drug-likeness (QED) is 0.633. The summed E-state index contributed by atoms with van der Waals surface area (Å²) in [6.45, 7) is 4.39. The number of aryl methyl sites for hydroxylation is 1. The fraction of sp³-hybridized carbons (Fsp3) is 0.538. The Bertz CT molecular complexity index is 250. The van der Waals surface area contributed by atoms with E-state index in [9.17, 15) is 0 Å². The maximum atomic E-state index is 5.95. The monoisotopic (exact) mass is 210 g/mol. The van der Waals surface area contributed by atoms with Crippen molar-refractivity contribution in [2.45, 2.75) is 39.0 Å². The van der Waals surface area contributed by atoms with Crippen LogP contribution in [0.1, 0.15) is 43.7 Å². The van der Waals surface area contributed by atoms with E-state index in [0.717, 1.165) is 12.3 Å². The van der Waals surface area contributed by atoms with Gasteiger partial charge in [0.1, 0.15) is 0 Å². The van der Waals surface area contributed by atoms with Crippen molar-refractivity contribution in [1.29, 1.82) is 0 Å². The summed E-state index contributed by atoms with van der Waals surface area (Å²) >= 11 is 5.95. The smallest absolute Gasteiger partial charge is 0.0292 e. The molecular formula is C13H19Cl. The number of benzene rings is 1. The lowest BCUT2D eigenvalue weighted by Gasteiger charge is -2.13. The minimum Gasteiger partial charge on any atom is -0.126 e. The van der Waals surface area contributed by atoms with Crippen molar-refractivity contribution in [2.24, 2.45) is 0 Å². The fourth-order valence-corrected chi connectivity index (χ4v) is 2.04. The Kier molecular flexibility index (Phi) is 5.03. The lowest BCUT2D eigenvalue weighted by atomic mass is 9.95. The number of hydrogen-bond acceptors (Lipinski definition) is 0. The van der Waals surface area contributed by atoms with Gasteiger partial charge in [0.2, 0.25) is 0 Å². The highest BCUT2D eigenvalue weighted by molar-refractivity contribution is 6.18. The van der Waals surface area contributed by atoms with Gasteiger partial charge in [-0.15, -0.1) is 11.6 Å². The number of halogens is 1. The highest BCUT2D eigenvalue weighted by Gasteiger charge is 2.08. The molecule has 0 aromatic heterocycles. The van der Waals surface area contributed by atoms with Crippen LogP contribution in [0.15, 0.2) is 24.3 Å². The molecule has 1 atom stereocenters. The second kappa shape index (κ2) is 6.08. The zero-order valence-corrected chi connectivity index (χ0v) is 9.85. The molecule has 0 nitrogen and oxygen atoms in total. The minimum absolute atomic E-state index is 0.535. The van der Waals surface area contributed by atoms with Gasteiger partial charge in [-0.2, -0.15) is 0 Å². The zero-order valence-electron chi connectivity index (χ0n) is 9.09. The van der Waals surface area contributed by atoms with Crippen molar-refractivity contribution in [3.63, 3.8) is 0 Å². The van der Waals surface area contributed by atoms with Crippen LogP contribution in [-0.2, 0) is 6.42 Å². The molecule has 1 rings (SSSR count). The first-order valence-electron chi connectivity index (χ1n) is 5.46. The molecule has 0 N–H and O–H groups in total. The predicted molar refractivity (Wildman–Crippen MR) is 64.2 cm³/mol. The maximum absolute atomic E-state index is 5.95. The molecule has 0 saturated heterocycles. The highest BCUT2D eigenvalue weighted by Crippen LogP contribution is 2.23. The van der Waals surface area contributed by atoms with E-state index in [0.29, 0.717) is 5.92 Å². The molecule has 0 heterocycles. The third-order valence-corrected chi connectivity index (χ3v) is 3.06. The Hall–Kier alpha value is -0.490. The molecule has 0 aliphatic heterocycles. The molecule has 78 valence electrons. The molecule has 0 fully saturated rings. The van der Waals surface area contributed by atoms with E-state index >= 15 is 0 Å². The summed E-state index contributed by atoms with van der Waals surface area (Å²) in [6, 6.07) is 8.87. The van der Waals surface area contributed by atoms with Crippen LogP contribution in [0, 0.1) is 0 Å². The van der Waals surface area contributed by atoms with E-state index in [2.05, 4.69) is 38.1 Å². The van der Waals surface area contributed by atoms with Crippen LogP contribution < -0.4 is 0 Å². The average Bonchev–Trinajstić information content (AvgIpc) is 2.26. The first-order chi connectivity index (χ1) is 6.81. The van der Waals surface area contributed by atoms with Gasteiger partial charge >= 0.3 is 0 Å². The zero-order chi connectivity index (χ0) is 10.4. The molecule has 14 heavy (non-hydrogen) atoms. The SMILES string of the molecule is CCCC(CCl)c1ccc(CC)cc1. The summed E-state index contributed by atoms with van der Waals surface area (Å²) in [4.78, 5) is 0. The third kappa shape index (κ3) is 3.02. The topological polar surface area (TPSA) is 0 Å². The Morgan fingerprint density at radius 2 is 1.79 bits per heavy atom. The van der Waals surface area contributed by atoms with Gasteiger partial charge in [-0.1, -0.05) is 44.5 Å². The largest absolute Gasteiger partial charge is 0.126 e. The molecule has 0 aliphatic carbocycles. The van der Waals surface area contributed by atoms with E-state index in [1.807, 2.05) is 0 Å². The van der Waals surface area contributed by atoms with Gasteiger partial charge in [0.05, 0.1) is 0 Å². The lowest BCUT2D eigenvalue weighted by molar-refractivity contribution is 0.670. The molecule has 0 saturated carbocycles. The Morgan fingerprint density at radius 3 is 2.21 bits per heavy atom. The predicted octanol–water partition coefficient (Wildman–Crippen LogP) is 4.37. The first kappa shape index (κ1) is 11.6. The Balaban J connectivity index is 2.73. The van der Waals surface area contributed by atoms with E-state index in [-0.39, 0.29) is 0 Å². The van der Waals surface area contributed by atoms with Crippen LogP contribution in [0.2, 0.25) is 0 Å². The molecule has 0 radical (unpaired) electrons. The fourth-order valence-electron chi connectivity index (χ4n) is 1.71. The standard InChI is InChI=1S/C13H19Cl/c1-3-5-13(10-14)12-8-6-11(4-2)7-9-12/h6-9,13H,3-5,10H2,1-2H3. The summed E-state index contributed by atoms with van der Waals surface area (Å²) in [5.41, 5.74) is 2.79. The average molecular weight is 211 g/mol. The van der Waals surface area contributed by atoms with Crippen LogP contribution in [-0.4, -0.2) is 5.88 Å². The van der Waals surface area contributed by atoms with Gasteiger partial charge in [-0.05, 0) is 29.9 Å². The second-order valence-corrected chi connectivity index (χ2v) is 4.04. The molecule has 0 aliphatic rings.